The summed E-state index contributed by atoms with van der Waals surface area (Å²) in [6.45, 7) is 12.9. The number of carboxylic acids is 1. The van der Waals surface area contributed by atoms with Gasteiger partial charge in [-0.3, -0.25) is 0 Å². The van der Waals surface area contributed by atoms with Crippen molar-refractivity contribution in [2.75, 3.05) is 4.90 Å². The van der Waals surface area contributed by atoms with Crippen LogP contribution in [0.15, 0.2) is 24.3 Å². The minimum atomic E-state index is -0.968. The van der Waals surface area contributed by atoms with E-state index < -0.39 is 11.5 Å². The zero-order chi connectivity index (χ0) is 23.2. The van der Waals surface area contributed by atoms with Crippen molar-refractivity contribution in [2.24, 2.45) is 16.7 Å². The van der Waals surface area contributed by atoms with Crippen LogP contribution in [0.25, 0.3) is 0 Å². The molecule has 2 fully saturated rings. The standard InChI is InChI=1S/C26H34FN3O2/c1-15-20(22(31)32)21-29(23-25(4,5)16-11-12-26(23,6)13-16)19(14-24(2,3)30(21)28-15)17-9-7-8-10-18(17)27/h7-10,16,19,23H,11-14H2,1-6H3,(H,31,32)/t16-,19?,23?,26+/m0/s1. The van der Waals surface area contributed by atoms with Crippen molar-refractivity contribution in [2.45, 2.75) is 84.8 Å². The van der Waals surface area contributed by atoms with Crippen LogP contribution in [0, 0.1) is 29.5 Å². The third-order valence-electron chi connectivity index (χ3n) is 8.83. The molecular weight excluding hydrogens is 405 g/mol. The van der Waals surface area contributed by atoms with Crippen LogP contribution >= 0.6 is 0 Å². The lowest BCUT2D eigenvalue weighted by Crippen LogP contribution is -2.58. The predicted molar refractivity (Wildman–Crippen MR) is 122 cm³/mol. The first-order valence-electron chi connectivity index (χ1n) is 11.7. The predicted octanol–water partition coefficient (Wildman–Crippen LogP) is 5.93. The van der Waals surface area contributed by atoms with Crippen molar-refractivity contribution in [3.05, 3.63) is 46.9 Å². The number of anilines is 1. The topological polar surface area (TPSA) is 58.4 Å². The zero-order valence-electron chi connectivity index (χ0n) is 19.9. The molecule has 2 aromatic rings. The van der Waals surface area contributed by atoms with E-state index in [1.54, 1.807) is 13.0 Å². The molecule has 2 unspecified atom stereocenters. The summed E-state index contributed by atoms with van der Waals surface area (Å²) in [6, 6.07) is 6.83. The van der Waals surface area contributed by atoms with E-state index in [0.717, 1.165) is 12.8 Å². The highest BCUT2D eigenvalue weighted by Gasteiger charge is 2.63. The van der Waals surface area contributed by atoms with Crippen molar-refractivity contribution in [3.63, 3.8) is 0 Å². The number of carbonyl (C=O) groups is 1. The fourth-order valence-electron chi connectivity index (χ4n) is 7.51. The van der Waals surface area contributed by atoms with Gasteiger partial charge in [-0.05, 0) is 69.3 Å². The van der Waals surface area contributed by atoms with Crippen LogP contribution in [-0.2, 0) is 5.54 Å². The Kier molecular flexibility index (Phi) is 4.42. The molecule has 4 atom stereocenters. The number of halogens is 1. The smallest absolute Gasteiger partial charge is 0.341 e. The van der Waals surface area contributed by atoms with E-state index >= 15 is 4.39 Å². The van der Waals surface area contributed by atoms with Gasteiger partial charge in [0.25, 0.3) is 0 Å². The Morgan fingerprint density at radius 2 is 1.84 bits per heavy atom. The van der Waals surface area contributed by atoms with E-state index in [1.807, 2.05) is 16.8 Å². The molecular formula is C26H34FN3O2. The third-order valence-corrected chi connectivity index (χ3v) is 8.83. The number of aryl methyl sites for hydroxylation is 1. The normalized spacial score (nSPS) is 32.2. The van der Waals surface area contributed by atoms with Gasteiger partial charge in [-0.1, -0.05) is 39.0 Å². The molecule has 0 spiro atoms. The lowest BCUT2D eigenvalue weighted by Gasteiger charge is -2.56. The highest BCUT2D eigenvalue weighted by Crippen LogP contribution is 2.66. The minimum absolute atomic E-state index is 0.0171. The minimum Gasteiger partial charge on any atom is -0.477 e. The summed E-state index contributed by atoms with van der Waals surface area (Å²) >= 11 is 0. The Morgan fingerprint density at radius 3 is 2.44 bits per heavy atom. The maximum absolute atomic E-state index is 15.2. The second kappa shape index (κ2) is 6.58. The lowest BCUT2D eigenvalue weighted by atomic mass is 9.66. The summed E-state index contributed by atoms with van der Waals surface area (Å²) in [7, 11) is 0. The van der Waals surface area contributed by atoms with Gasteiger partial charge >= 0.3 is 5.97 Å². The molecule has 1 aromatic carbocycles. The van der Waals surface area contributed by atoms with Crippen LogP contribution in [0.5, 0.6) is 0 Å². The Hall–Kier alpha value is -2.37. The van der Waals surface area contributed by atoms with Crippen LogP contribution in [0.3, 0.4) is 0 Å². The van der Waals surface area contributed by atoms with E-state index in [9.17, 15) is 9.90 Å². The summed E-state index contributed by atoms with van der Waals surface area (Å²) in [5.41, 5.74) is 1.01. The van der Waals surface area contributed by atoms with Gasteiger partial charge in [-0.15, -0.1) is 0 Å². The molecule has 2 heterocycles. The number of fused-ring (bicyclic) bond motifs is 3. The largest absolute Gasteiger partial charge is 0.477 e. The molecule has 172 valence electrons. The van der Waals surface area contributed by atoms with Gasteiger partial charge in [-0.25, -0.2) is 13.9 Å². The molecule has 5 nitrogen and oxygen atoms in total. The van der Waals surface area contributed by atoms with Gasteiger partial charge in [0.1, 0.15) is 17.2 Å². The molecule has 6 heteroatoms. The van der Waals surface area contributed by atoms with Crippen molar-refractivity contribution in [3.8, 4) is 0 Å². The first-order chi connectivity index (χ1) is 14.9. The number of aromatic carboxylic acids is 1. The second-order valence-corrected chi connectivity index (χ2v) is 11.8. The molecule has 2 bridgehead atoms. The molecule has 0 radical (unpaired) electrons. The average Bonchev–Trinajstić information content (AvgIpc) is 3.30. The number of hydrogen-bond donors (Lipinski definition) is 1. The van der Waals surface area contributed by atoms with Crippen LogP contribution in [-0.4, -0.2) is 26.9 Å². The molecule has 1 aliphatic heterocycles. The van der Waals surface area contributed by atoms with E-state index in [4.69, 9.17) is 5.10 Å². The average molecular weight is 440 g/mol. The van der Waals surface area contributed by atoms with Crippen molar-refractivity contribution >= 4 is 11.8 Å². The molecule has 0 amide bonds. The SMILES string of the molecule is Cc1nn2c(c1C(=O)O)N(C1C(C)(C)[C@H]3CC[C@]1(C)C3)C(c1ccccc1F)CC2(C)C. The van der Waals surface area contributed by atoms with Gasteiger partial charge < -0.3 is 10.0 Å². The molecule has 2 saturated carbocycles. The summed E-state index contributed by atoms with van der Waals surface area (Å²) in [6.07, 6.45) is 4.11. The van der Waals surface area contributed by atoms with Gasteiger partial charge in [-0.2, -0.15) is 5.10 Å². The third kappa shape index (κ3) is 2.74. The van der Waals surface area contributed by atoms with E-state index in [2.05, 4.69) is 39.5 Å². The summed E-state index contributed by atoms with van der Waals surface area (Å²) < 4.78 is 17.1. The number of benzene rings is 1. The summed E-state index contributed by atoms with van der Waals surface area (Å²) in [5, 5.41) is 15.0. The summed E-state index contributed by atoms with van der Waals surface area (Å²) in [5.74, 6) is 0.0293. The quantitative estimate of drug-likeness (QED) is 0.644. The number of nitrogens with zero attached hydrogens (tertiary/aromatic N) is 3. The number of aromatic nitrogens is 2. The molecule has 1 aromatic heterocycles. The number of carboxylic acid groups (broad SMARTS) is 1. The molecule has 2 aliphatic carbocycles. The zero-order valence-corrected chi connectivity index (χ0v) is 19.9. The Labute approximate surface area is 189 Å². The van der Waals surface area contributed by atoms with Crippen LogP contribution in [0.2, 0.25) is 0 Å². The van der Waals surface area contributed by atoms with Gasteiger partial charge in [0.15, 0.2) is 0 Å². The van der Waals surface area contributed by atoms with E-state index in [1.165, 1.54) is 12.5 Å². The number of rotatable bonds is 3. The Bertz CT molecular complexity index is 1100. The summed E-state index contributed by atoms with van der Waals surface area (Å²) in [4.78, 5) is 14.8. The fourth-order valence-corrected chi connectivity index (χ4v) is 7.51. The van der Waals surface area contributed by atoms with E-state index in [-0.39, 0.29) is 34.3 Å². The maximum atomic E-state index is 15.2. The molecule has 1 N–H and O–H groups in total. The van der Waals surface area contributed by atoms with Crippen molar-refractivity contribution in [1.29, 1.82) is 0 Å². The van der Waals surface area contributed by atoms with Crippen molar-refractivity contribution in [1.82, 2.24) is 9.78 Å². The van der Waals surface area contributed by atoms with Gasteiger partial charge in [0.05, 0.1) is 17.3 Å². The van der Waals surface area contributed by atoms with E-state index in [0.29, 0.717) is 29.4 Å². The molecule has 5 rings (SSSR count). The first kappa shape index (κ1) is 21.5. The lowest BCUT2D eigenvalue weighted by molar-refractivity contribution is 0.0691. The Morgan fingerprint density at radius 1 is 1.16 bits per heavy atom. The van der Waals surface area contributed by atoms with Crippen LogP contribution < -0.4 is 4.90 Å². The first-order valence-corrected chi connectivity index (χ1v) is 11.7. The van der Waals surface area contributed by atoms with Crippen molar-refractivity contribution < 1.29 is 14.3 Å². The van der Waals surface area contributed by atoms with Crippen LogP contribution in [0.1, 0.15) is 88.0 Å². The monoisotopic (exact) mass is 439 g/mol. The molecule has 3 aliphatic rings. The maximum Gasteiger partial charge on any atom is 0.341 e. The molecule has 0 saturated heterocycles. The van der Waals surface area contributed by atoms with Gasteiger partial charge in [0, 0.05) is 11.6 Å². The highest BCUT2D eigenvalue weighted by molar-refractivity contribution is 5.95. The van der Waals surface area contributed by atoms with Crippen LogP contribution in [0.4, 0.5) is 10.2 Å². The van der Waals surface area contributed by atoms with Gasteiger partial charge in [0.2, 0.25) is 0 Å². The second-order valence-electron chi connectivity index (χ2n) is 11.8. The fraction of sp³-hybridized carbons (Fsp3) is 0.615. The highest BCUT2D eigenvalue weighted by atomic mass is 19.1. The Balaban J connectivity index is 1.82. The number of hydrogen-bond acceptors (Lipinski definition) is 3. The molecule has 32 heavy (non-hydrogen) atoms.